The summed E-state index contributed by atoms with van der Waals surface area (Å²) in [5.74, 6) is 4.13. The monoisotopic (exact) mass is 537 g/mol. The second-order valence-corrected chi connectivity index (χ2v) is 11.9. The average Bonchev–Trinajstić information content (AvgIpc) is 2.89. The van der Waals surface area contributed by atoms with Crippen LogP contribution in [0.15, 0.2) is 64.4 Å². The summed E-state index contributed by atoms with van der Waals surface area (Å²) < 4.78 is 19.9. The fourth-order valence-electron chi connectivity index (χ4n) is 4.37. The zero-order valence-corrected chi connectivity index (χ0v) is 22.2. The maximum Gasteiger partial charge on any atom is 0.260 e. The van der Waals surface area contributed by atoms with Gasteiger partial charge in [0, 0.05) is 64.2 Å². The summed E-state index contributed by atoms with van der Waals surface area (Å²) in [7, 11) is -2.48. The quantitative estimate of drug-likeness (QED) is 0.355. The van der Waals surface area contributed by atoms with Crippen LogP contribution in [0.25, 0.3) is 22.2 Å². The van der Waals surface area contributed by atoms with Gasteiger partial charge in [0.1, 0.15) is 5.65 Å². The molecule has 1 saturated heterocycles. The molecule has 0 spiro atoms. The number of nitrogens with zero attached hydrogens (tertiary/aromatic N) is 3. The fourth-order valence-corrected chi connectivity index (χ4v) is 5.32. The second-order valence-electron chi connectivity index (χ2n) is 9.04. The van der Waals surface area contributed by atoms with Crippen LogP contribution in [0, 0.1) is 0 Å². The molecule has 0 saturated carbocycles. The number of rotatable bonds is 6. The van der Waals surface area contributed by atoms with E-state index >= 15 is 0 Å². The second kappa shape index (κ2) is 10.3. The third kappa shape index (κ3) is 5.26. The molecule has 192 valence electrons. The number of morpholine rings is 1. The molecule has 4 aromatic rings. The molecule has 2 unspecified atom stereocenters. The zero-order chi connectivity index (χ0) is 26.2. The van der Waals surface area contributed by atoms with Crippen molar-refractivity contribution in [1.29, 1.82) is 0 Å². The first-order chi connectivity index (χ1) is 17.7. The van der Waals surface area contributed by atoms with Gasteiger partial charge >= 0.3 is 0 Å². The largest absolute Gasteiger partial charge is 0.371 e. The summed E-state index contributed by atoms with van der Waals surface area (Å²) in [6.07, 6.45) is 3.28. The van der Waals surface area contributed by atoms with E-state index in [-0.39, 0.29) is 11.7 Å². The summed E-state index contributed by atoms with van der Waals surface area (Å²) in [6.45, 7) is 4.65. The van der Waals surface area contributed by atoms with Crippen molar-refractivity contribution in [1.82, 2.24) is 19.9 Å². The maximum atomic E-state index is 13.5. The van der Waals surface area contributed by atoms with Crippen LogP contribution in [0.1, 0.15) is 18.6 Å². The molecule has 0 aliphatic carbocycles. The molecule has 37 heavy (non-hydrogen) atoms. The van der Waals surface area contributed by atoms with Gasteiger partial charge in [0.2, 0.25) is 5.95 Å². The van der Waals surface area contributed by atoms with Crippen LogP contribution in [0.2, 0.25) is 5.02 Å². The molecule has 3 heterocycles. The lowest BCUT2D eigenvalue weighted by Crippen LogP contribution is -2.33. The summed E-state index contributed by atoms with van der Waals surface area (Å²) in [5.41, 5.74) is 3.10. The maximum absolute atomic E-state index is 13.5. The van der Waals surface area contributed by atoms with Gasteiger partial charge in [0.05, 0.1) is 12.7 Å². The first-order valence-electron chi connectivity index (χ1n) is 12.0. The van der Waals surface area contributed by atoms with Crippen LogP contribution < -0.4 is 16.2 Å². The summed E-state index contributed by atoms with van der Waals surface area (Å²) in [5, 5.41) is 7.64. The Morgan fingerprint density at radius 1 is 1.22 bits per heavy atom. The Kier molecular flexibility index (Phi) is 7.04. The van der Waals surface area contributed by atoms with Gasteiger partial charge in [-0.05, 0) is 64.3 Å². The lowest BCUT2D eigenvalue weighted by atomic mass is 10.1. The molecule has 1 aliphatic rings. The van der Waals surface area contributed by atoms with Crippen molar-refractivity contribution in [3.63, 3.8) is 0 Å². The zero-order valence-electron chi connectivity index (χ0n) is 20.7. The standard InChI is InChI=1S/C27H28ClN5O3S/c1-4-33-25-18(13-22(26(33)34)21-14-20(37(2,3)35)9-10-23(21)28)15-30-27(32-25)31-19-7-5-17(6-8-19)24-16-29-11-12-36-24/h5-10,13-15,24,29H,2,4,11-12,16H2,1,3H3,(H,30,31,32). The van der Waals surface area contributed by atoms with Crippen molar-refractivity contribution in [3.8, 4) is 11.1 Å². The number of halogens is 1. The fraction of sp³-hybridized carbons (Fsp3) is 0.259. The van der Waals surface area contributed by atoms with Crippen molar-refractivity contribution in [2.45, 2.75) is 24.5 Å². The number of anilines is 2. The molecule has 0 bridgehead atoms. The smallest absolute Gasteiger partial charge is 0.260 e. The Hall–Kier alpha value is -3.24. The molecule has 2 N–H and O–H groups in total. The first kappa shape index (κ1) is 25.4. The van der Waals surface area contributed by atoms with E-state index in [1.807, 2.05) is 31.2 Å². The molecule has 8 nitrogen and oxygen atoms in total. The predicted molar refractivity (Wildman–Crippen MR) is 151 cm³/mol. The summed E-state index contributed by atoms with van der Waals surface area (Å²) in [4.78, 5) is 23.2. The third-order valence-corrected chi connectivity index (χ3v) is 7.92. The van der Waals surface area contributed by atoms with Crippen LogP contribution in [-0.2, 0) is 20.8 Å². The van der Waals surface area contributed by atoms with Gasteiger partial charge in [0.25, 0.3) is 5.56 Å². The number of hydrogen-bond acceptors (Lipinski definition) is 7. The van der Waals surface area contributed by atoms with Gasteiger partial charge in [-0.25, -0.2) is 4.98 Å². The van der Waals surface area contributed by atoms with Crippen LogP contribution >= 0.6 is 11.6 Å². The molecule has 2 aromatic heterocycles. The Morgan fingerprint density at radius 2 is 2.00 bits per heavy atom. The van der Waals surface area contributed by atoms with Crippen molar-refractivity contribution < 1.29 is 8.95 Å². The van der Waals surface area contributed by atoms with E-state index in [1.165, 1.54) is 0 Å². The normalized spacial score (nSPS) is 17.4. The number of aromatic nitrogens is 3. The van der Waals surface area contributed by atoms with E-state index in [0.717, 1.165) is 24.3 Å². The third-order valence-electron chi connectivity index (χ3n) is 6.34. The SMILES string of the molecule is C=S(C)(=O)c1ccc(Cl)c(-c2cc3cnc(Nc4ccc(C5CNCCO5)cc4)nc3n(CC)c2=O)c1. The number of fused-ring (bicyclic) bond motifs is 1. The lowest BCUT2D eigenvalue weighted by molar-refractivity contribution is 0.0277. The van der Waals surface area contributed by atoms with Crippen LogP contribution in [-0.4, -0.2) is 50.6 Å². The predicted octanol–water partition coefficient (Wildman–Crippen LogP) is 4.24. The van der Waals surface area contributed by atoms with E-state index in [0.29, 0.717) is 51.2 Å². The van der Waals surface area contributed by atoms with Crippen LogP contribution in [0.5, 0.6) is 0 Å². The molecule has 1 aliphatic heterocycles. The molecule has 1 fully saturated rings. The van der Waals surface area contributed by atoms with Crippen molar-refractivity contribution >= 4 is 49.7 Å². The highest BCUT2D eigenvalue weighted by Crippen LogP contribution is 2.30. The Bertz CT molecular complexity index is 1630. The van der Waals surface area contributed by atoms with Crippen LogP contribution in [0.3, 0.4) is 0 Å². The Morgan fingerprint density at radius 3 is 2.68 bits per heavy atom. The van der Waals surface area contributed by atoms with E-state index in [9.17, 15) is 9.00 Å². The number of benzene rings is 2. The highest BCUT2D eigenvalue weighted by atomic mass is 35.5. The number of pyridine rings is 1. The molecule has 2 aromatic carbocycles. The molecule has 0 amide bonds. The highest BCUT2D eigenvalue weighted by Gasteiger charge is 2.17. The van der Waals surface area contributed by atoms with Crippen molar-refractivity contribution in [2.24, 2.45) is 0 Å². The average molecular weight is 538 g/mol. The lowest BCUT2D eigenvalue weighted by Gasteiger charge is -2.24. The van der Waals surface area contributed by atoms with Crippen LogP contribution in [0.4, 0.5) is 11.6 Å². The number of aryl methyl sites for hydroxylation is 1. The highest BCUT2D eigenvalue weighted by molar-refractivity contribution is 7.99. The van der Waals surface area contributed by atoms with Gasteiger partial charge in [-0.1, -0.05) is 23.7 Å². The Balaban J connectivity index is 1.50. The Labute approximate surface area is 220 Å². The first-order valence-corrected chi connectivity index (χ1v) is 14.5. The van der Waals surface area contributed by atoms with Gasteiger partial charge in [-0.2, -0.15) is 4.98 Å². The topological polar surface area (TPSA) is 98.1 Å². The number of hydrogen-bond donors (Lipinski definition) is 2. The summed E-state index contributed by atoms with van der Waals surface area (Å²) in [6, 6.07) is 14.7. The molecule has 5 rings (SSSR count). The summed E-state index contributed by atoms with van der Waals surface area (Å²) >= 11 is 6.46. The number of nitrogens with one attached hydrogen (secondary N) is 2. The molecule has 2 atom stereocenters. The van der Waals surface area contributed by atoms with Crippen molar-refractivity contribution in [2.75, 3.05) is 31.3 Å². The van der Waals surface area contributed by atoms with E-state index in [1.54, 1.807) is 41.3 Å². The molecule has 10 heteroatoms. The number of ether oxygens (including phenoxy) is 1. The minimum atomic E-state index is -2.48. The minimum absolute atomic E-state index is 0.0412. The molecular formula is C27H28ClN5O3S. The van der Waals surface area contributed by atoms with Gasteiger partial charge < -0.3 is 15.4 Å². The molecular weight excluding hydrogens is 510 g/mol. The minimum Gasteiger partial charge on any atom is -0.371 e. The van der Waals surface area contributed by atoms with Gasteiger partial charge in [-0.3, -0.25) is 13.6 Å². The molecule has 0 radical (unpaired) electrons. The van der Waals surface area contributed by atoms with Gasteiger partial charge in [0.15, 0.2) is 0 Å². The van der Waals surface area contributed by atoms with E-state index in [2.05, 4.69) is 26.5 Å². The van der Waals surface area contributed by atoms with E-state index < -0.39 is 9.52 Å². The van der Waals surface area contributed by atoms with Crippen molar-refractivity contribution in [3.05, 3.63) is 75.7 Å². The van der Waals surface area contributed by atoms with E-state index in [4.69, 9.17) is 16.3 Å². The van der Waals surface area contributed by atoms with Gasteiger partial charge in [-0.15, -0.1) is 0 Å².